The second kappa shape index (κ2) is 4.90. The third kappa shape index (κ3) is 2.00. The molecule has 0 fully saturated rings. The van der Waals surface area contributed by atoms with Crippen LogP contribution >= 0.6 is 11.6 Å². The van der Waals surface area contributed by atoms with E-state index in [1.165, 1.54) is 6.07 Å². The molecule has 1 aromatic carbocycles. The van der Waals surface area contributed by atoms with Gasteiger partial charge in [-0.05, 0) is 12.1 Å². The molecule has 3 rings (SSSR count). The summed E-state index contributed by atoms with van der Waals surface area (Å²) in [5.74, 6) is -0.0147. The van der Waals surface area contributed by atoms with Gasteiger partial charge in [0.25, 0.3) is 0 Å². The summed E-state index contributed by atoms with van der Waals surface area (Å²) in [5.41, 5.74) is 6.93. The number of rotatable bonds is 2. The number of benzene rings is 1. The molecule has 0 aliphatic rings. The molecule has 3 aromatic rings. The van der Waals surface area contributed by atoms with Crippen molar-refractivity contribution in [1.82, 2.24) is 20.2 Å². The summed E-state index contributed by atoms with van der Waals surface area (Å²) in [7, 11) is 0. The molecule has 0 saturated heterocycles. The van der Waals surface area contributed by atoms with Gasteiger partial charge in [-0.2, -0.15) is 5.10 Å². The van der Waals surface area contributed by atoms with Crippen LogP contribution in [0.25, 0.3) is 22.6 Å². The molecule has 7 heteroatoms. The number of nitrogens with zero attached hydrogens (tertiary/aromatic N) is 3. The first-order chi connectivity index (χ1) is 9.68. The first-order valence-electron chi connectivity index (χ1n) is 5.74. The van der Waals surface area contributed by atoms with Crippen molar-refractivity contribution in [3.63, 3.8) is 0 Å². The fourth-order valence-electron chi connectivity index (χ4n) is 1.92. The van der Waals surface area contributed by atoms with E-state index in [9.17, 15) is 4.39 Å². The highest BCUT2D eigenvalue weighted by Crippen LogP contribution is 2.36. The number of halogens is 2. The molecular formula is C13H9ClFN5. The van der Waals surface area contributed by atoms with Gasteiger partial charge in [-0.15, -0.1) is 0 Å². The minimum Gasteiger partial charge on any atom is -0.382 e. The SMILES string of the molecule is Nc1n[nH]c(-c2ncccn2)c1-c1cccc(Cl)c1F. The third-order valence-corrected chi connectivity index (χ3v) is 3.10. The molecule has 0 aliphatic heterocycles. The Morgan fingerprint density at radius 3 is 2.65 bits per heavy atom. The average molecular weight is 290 g/mol. The summed E-state index contributed by atoms with van der Waals surface area (Å²) >= 11 is 5.80. The van der Waals surface area contributed by atoms with E-state index in [0.717, 1.165) is 0 Å². The number of nitrogens with two attached hydrogens (primary N) is 1. The van der Waals surface area contributed by atoms with Gasteiger partial charge in [-0.3, -0.25) is 5.10 Å². The molecule has 2 heterocycles. The van der Waals surface area contributed by atoms with Crippen LogP contribution in [0.5, 0.6) is 0 Å². The van der Waals surface area contributed by atoms with E-state index in [4.69, 9.17) is 17.3 Å². The van der Waals surface area contributed by atoms with Gasteiger partial charge in [0, 0.05) is 18.0 Å². The summed E-state index contributed by atoms with van der Waals surface area (Å²) < 4.78 is 14.2. The number of hydrogen-bond acceptors (Lipinski definition) is 4. The molecule has 2 aromatic heterocycles. The van der Waals surface area contributed by atoms with Crippen molar-refractivity contribution < 1.29 is 4.39 Å². The summed E-state index contributed by atoms with van der Waals surface area (Å²) in [4.78, 5) is 8.21. The summed E-state index contributed by atoms with van der Waals surface area (Å²) in [5, 5.41) is 6.65. The average Bonchev–Trinajstić information content (AvgIpc) is 2.85. The van der Waals surface area contributed by atoms with E-state index in [1.54, 1.807) is 30.6 Å². The first kappa shape index (κ1) is 12.6. The zero-order valence-electron chi connectivity index (χ0n) is 10.1. The smallest absolute Gasteiger partial charge is 0.178 e. The molecule has 100 valence electrons. The molecule has 5 nitrogen and oxygen atoms in total. The van der Waals surface area contributed by atoms with Crippen LogP contribution in [0.4, 0.5) is 10.2 Å². The summed E-state index contributed by atoms with van der Waals surface area (Å²) in [6.45, 7) is 0. The number of anilines is 1. The Morgan fingerprint density at radius 1 is 1.15 bits per heavy atom. The molecule has 0 bridgehead atoms. The van der Waals surface area contributed by atoms with Crippen LogP contribution in [0.1, 0.15) is 0 Å². The van der Waals surface area contributed by atoms with Crippen molar-refractivity contribution in [2.24, 2.45) is 0 Å². The number of aromatic nitrogens is 4. The fourth-order valence-corrected chi connectivity index (χ4v) is 2.09. The fraction of sp³-hybridized carbons (Fsp3) is 0. The lowest BCUT2D eigenvalue weighted by molar-refractivity contribution is 0.632. The van der Waals surface area contributed by atoms with Crippen LogP contribution in [-0.2, 0) is 0 Å². The van der Waals surface area contributed by atoms with E-state index in [1.807, 2.05) is 0 Å². The monoisotopic (exact) mass is 289 g/mol. The van der Waals surface area contributed by atoms with Gasteiger partial charge in [-0.25, -0.2) is 14.4 Å². The zero-order chi connectivity index (χ0) is 14.1. The maximum Gasteiger partial charge on any atom is 0.178 e. The standard InChI is InChI=1S/C13H9ClFN5/c14-8-4-1-3-7(10(8)15)9-11(19-20-12(9)16)13-17-5-2-6-18-13/h1-6H,(H3,16,19,20). The van der Waals surface area contributed by atoms with E-state index in [2.05, 4.69) is 20.2 Å². The van der Waals surface area contributed by atoms with Crippen LogP contribution in [0, 0.1) is 5.82 Å². The first-order valence-corrected chi connectivity index (χ1v) is 6.12. The lowest BCUT2D eigenvalue weighted by atomic mass is 10.0. The Labute approximate surface area is 118 Å². The molecule has 0 saturated carbocycles. The maximum absolute atomic E-state index is 14.2. The van der Waals surface area contributed by atoms with Crippen LogP contribution in [-0.4, -0.2) is 20.2 Å². The highest BCUT2D eigenvalue weighted by Gasteiger charge is 2.20. The van der Waals surface area contributed by atoms with Gasteiger partial charge in [0.05, 0.1) is 10.6 Å². The second-order valence-corrected chi connectivity index (χ2v) is 4.44. The summed E-state index contributed by atoms with van der Waals surface area (Å²) in [6.07, 6.45) is 3.16. The molecular weight excluding hydrogens is 281 g/mol. The number of nitrogens with one attached hydrogen (secondary N) is 1. The van der Waals surface area contributed by atoms with Crippen molar-refractivity contribution in [2.75, 3.05) is 5.73 Å². The Balaban J connectivity index is 2.25. The second-order valence-electron chi connectivity index (χ2n) is 4.03. The van der Waals surface area contributed by atoms with Crippen molar-refractivity contribution in [3.05, 3.63) is 47.5 Å². The van der Waals surface area contributed by atoms with Crippen LogP contribution < -0.4 is 5.73 Å². The summed E-state index contributed by atoms with van der Waals surface area (Å²) in [6, 6.07) is 6.37. The third-order valence-electron chi connectivity index (χ3n) is 2.80. The molecule has 0 amide bonds. The molecule has 0 spiro atoms. The molecule has 0 unspecified atom stereocenters. The minimum absolute atomic E-state index is 0.0167. The Kier molecular flexibility index (Phi) is 3.08. The molecule has 0 aliphatic carbocycles. The highest BCUT2D eigenvalue weighted by molar-refractivity contribution is 6.31. The number of aromatic amines is 1. The van der Waals surface area contributed by atoms with Crippen molar-refractivity contribution in [3.8, 4) is 22.6 Å². The Bertz CT molecular complexity index is 757. The van der Waals surface area contributed by atoms with Gasteiger partial charge in [-0.1, -0.05) is 23.7 Å². The lowest BCUT2D eigenvalue weighted by Crippen LogP contribution is -1.94. The number of hydrogen-bond donors (Lipinski definition) is 2. The predicted octanol–water partition coefficient (Wildman–Crippen LogP) is 2.91. The van der Waals surface area contributed by atoms with Gasteiger partial charge in [0.15, 0.2) is 11.6 Å². The van der Waals surface area contributed by atoms with Gasteiger partial charge >= 0.3 is 0 Å². The minimum atomic E-state index is -0.556. The van der Waals surface area contributed by atoms with Gasteiger partial charge in [0.2, 0.25) is 0 Å². The largest absolute Gasteiger partial charge is 0.382 e. The molecule has 3 N–H and O–H groups in total. The Hall–Kier alpha value is -2.47. The van der Waals surface area contributed by atoms with E-state index in [-0.39, 0.29) is 16.4 Å². The lowest BCUT2D eigenvalue weighted by Gasteiger charge is -2.06. The van der Waals surface area contributed by atoms with E-state index < -0.39 is 5.82 Å². The van der Waals surface area contributed by atoms with E-state index >= 15 is 0 Å². The Morgan fingerprint density at radius 2 is 1.90 bits per heavy atom. The molecule has 0 atom stereocenters. The quantitative estimate of drug-likeness (QED) is 0.760. The normalized spacial score (nSPS) is 10.7. The number of H-pyrrole nitrogens is 1. The van der Waals surface area contributed by atoms with Crippen LogP contribution in [0.15, 0.2) is 36.7 Å². The zero-order valence-corrected chi connectivity index (χ0v) is 10.9. The van der Waals surface area contributed by atoms with Crippen molar-refractivity contribution in [1.29, 1.82) is 0 Å². The topological polar surface area (TPSA) is 80.5 Å². The van der Waals surface area contributed by atoms with Gasteiger partial charge < -0.3 is 5.73 Å². The van der Waals surface area contributed by atoms with Gasteiger partial charge in [0.1, 0.15) is 11.5 Å². The molecule has 20 heavy (non-hydrogen) atoms. The van der Waals surface area contributed by atoms with Crippen LogP contribution in [0.3, 0.4) is 0 Å². The van der Waals surface area contributed by atoms with Crippen molar-refractivity contribution in [2.45, 2.75) is 0 Å². The predicted molar refractivity (Wildman–Crippen MR) is 74.4 cm³/mol. The molecule has 0 radical (unpaired) electrons. The van der Waals surface area contributed by atoms with Crippen molar-refractivity contribution >= 4 is 17.4 Å². The highest BCUT2D eigenvalue weighted by atomic mass is 35.5. The maximum atomic E-state index is 14.2. The van der Waals surface area contributed by atoms with E-state index in [0.29, 0.717) is 17.1 Å². The van der Waals surface area contributed by atoms with Crippen LogP contribution in [0.2, 0.25) is 5.02 Å². The number of nitrogen functional groups attached to an aromatic ring is 1.